The summed E-state index contributed by atoms with van der Waals surface area (Å²) in [5, 5.41) is 7.52. The van der Waals surface area contributed by atoms with E-state index in [1.54, 1.807) is 0 Å². The molecule has 1 atom stereocenters. The Bertz CT molecular complexity index is 544. The summed E-state index contributed by atoms with van der Waals surface area (Å²) < 4.78 is 7.39. The van der Waals surface area contributed by atoms with Crippen molar-refractivity contribution in [2.45, 2.75) is 53.1 Å². The summed E-state index contributed by atoms with van der Waals surface area (Å²) in [7, 11) is 0. The lowest BCUT2D eigenvalue weighted by molar-refractivity contribution is 0.365. The van der Waals surface area contributed by atoms with Gasteiger partial charge in [0.15, 0.2) is 5.82 Å². The van der Waals surface area contributed by atoms with Gasteiger partial charge in [-0.3, -0.25) is 0 Å². The zero-order valence-electron chi connectivity index (χ0n) is 13.5. The molecule has 0 bridgehead atoms. The molecule has 0 saturated heterocycles. The van der Waals surface area contributed by atoms with E-state index >= 15 is 0 Å². The minimum Gasteiger partial charge on any atom is -0.345 e. The van der Waals surface area contributed by atoms with Gasteiger partial charge in [-0.15, -0.1) is 0 Å². The lowest BCUT2D eigenvalue weighted by Crippen LogP contribution is -2.25. The van der Waals surface area contributed by atoms with Crippen molar-refractivity contribution in [1.82, 2.24) is 20.0 Å². The second-order valence-corrected chi connectivity index (χ2v) is 5.75. The molecule has 0 aromatic carbocycles. The van der Waals surface area contributed by atoms with Gasteiger partial charge in [0.2, 0.25) is 5.89 Å². The fraction of sp³-hybridized carbons (Fsp3) is 0.625. The van der Waals surface area contributed by atoms with Crippen molar-refractivity contribution in [2.24, 2.45) is 5.92 Å². The Hall–Kier alpha value is -1.62. The Morgan fingerprint density at radius 3 is 2.81 bits per heavy atom. The maximum absolute atomic E-state index is 5.29. The van der Waals surface area contributed by atoms with Crippen LogP contribution in [0.15, 0.2) is 23.0 Å². The molecule has 1 N–H and O–H groups in total. The maximum Gasteiger partial charge on any atom is 0.246 e. The Balaban J connectivity index is 2.04. The zero-order chi connectivity index (χ0) is 15.2. The van der Waals surface area contributed by atoms with Crippen molar-refractivity contribution in [3.63, 3.8) is 0 Å². The van der Waals surface area contributed by atoms with Gasteiger partial charge >= 0.3 is 0 Å². The molecule has 116 valence electrons. The molecule has 0 aliphatic rings. The largest absolute Gasteiger partial charge is 0.345 e. The van der Waals surface area contributed by atoms with Gasteiger partial charge in [0.25, 0.3) is 0 Å². The Kier molecular flexibility index (Phi) is 5.56. The highest BCUT2D eigenvalue weighted by atomic mass is 16.5. The fourth-order valence-electron chi connectivity index (χ4n) is 2.54. The van der Waals surface area contributed by atoms with Gasteiger partial charge in [-0.25, -0.2) is 0 Å². The van der Waals surface area contributed by atoms with E-state index in [0.717, 1.165) is 25.2 Å². The molecule has 0 spiro atoms. The van der Waals surface area contributed by atoms with Gasteiger partial charge in [0.1, 0.15) is 6.54 Å². The van der Waals surface area contributed by atoms with Crippen molar-refractivity contribution in [2.75, 3.05) is 6.54 Å². The standard InChI is InChI=1S/C16H26N4O/c1-5-7-14-18-15(21-19-14)11-20-9-8-13(10-20)16(12(3)4)17-6-2/h8-10,12,16-17H,5-7,11H2,1-4H3. The van der Waals surface area contributed by atoms with Gasteiger partial charge in [-0.05, 0) is 30.5 Å². The van der Waals surface area contributed by atoms with Crippen molar-refractivity contribution < 1.29 is 4.52 Å². The third kappa shape index (κ3) is 4.17. The van der Waals surface area contributed by atoms with Gasteiger partial charge in [-0.2, -0.15) is 4.98 Å². The molecule has 21 heavy (non-hydrogen) atoms. The average Bonchev–Trinajstić information content (AvgIpc) is 3.06. The first-order valence-electron chi connectivity index (χ1n) is 7.84. The van der Waals surface area contributed by atoms with Gasteiger partial charge < -0.3 is 14.4 Å². The van der Waals surface area contributed by atoms with Crippen molar-refractivity contribution >= 4 is 0 Å². The second-order valence-electron chi connectivity index (χ2n) is 5.75. The first-order valence-corrected chi connectivity index (χ1v) is 7.84. The van der Waals surface area contributed by atoms with Crippen molar-refractivity contribution in [3.05, 3.63) is 35.7 Å². The number of aromatic nitrogens is 3. The molecule has 0 radical (unpaired) electrons. The molecule has 1 unspecified atom stereocenters. The highest BCUT2D eigenvalue weighted by molar-refractivity contribution is 5.16. The molecule has 2 aromatic rings. The molecule has 0 aliphatic heterocycles. The molecule has 0 aliphatic carbocycles. The number of rotatable bonds is 8. The Morgan fingerprint density at radius 1 is 1.33 bits per heavy atom. The van der Waals surface area contributed by atoms with E-state index in [1.165, 1.54) is 5.56 Å². The van der Waals surface area contributed by atoms with E-state index in [0.29, 0.717) is 24.4 Å². The molecule has 2 aromatic heterocycles. The SMILES string of the molecule is CCCc1noc(Cn2ccc(C(NCC)C(C)C)c2)n1. The highest BCUT2D eigenvalue weighted by Crippen LogP contribution is 2.22. The molecule has 5 heteroatoms. The summed E-state index contributed by atoms with van der Waals surface area (Å²) in [4.78, 5) is 4.41. The van der Waals surface area contributed by atoms with Crippen LogP contribution in [0.4, 0.5) is 0 Å². The van der Waals surface area contributed by atoms with Gasteiger partial charge in [0, 0.05) is 24.9 Å². The minimum absolute atomic E-state index is 0.384. The fourth-order valence-corrected chi connectivity index (χ4v) is 2.54. The summed E-state index contributed by atoms with van der Waals surface area (Å²) in [6.07, 6.45) is 6.14. The van der Waals surface area contributed by atoms with Crippen molar-refractivity contribution in [1.29, 1.82) is 0 Å². The van der Waals surface area contributed by atoms with E-state index in [4.69, 9.17) is 4.52 Å². The van der Waals surface area contributed by atoms with Crippen LogP contribution in [-0.2, 0) is 13.0 Å². The van der Waals surface area contributed by atoms with E-state index in [-0.39, 0.29) is 0 Å². The molecule has 2 heterocycles. The maximum atomic E-state index is 5.29. The first-order chi connectivity index (χ1) is 10.1. The lowest BCUT2D eigenvalue weighted by Gasteiger charge is -2.20. The van der Waals surface area contributed by atoms with Crippen LogP contribution in [0, 0.1) is 5.92 Å². The monoisotopic (exact) mass is 290 g/mol. The summed E-state index contributed by atoms with van der Waals surface area (Å²) >= 11 is 0. The summed E-state index contributed by atoms with van der Waals surface area (Å²) in [5.41, 5.74) is 1.31. The van der Waals surface area contributed by atoms with E-state index in [9.17, 15) is 0 Å². The number of nitrogens with one attached hydrogen (secondary N) is 1. The topological polar surface area (TPSA) is 55.9 Å². The minimum atomic E-state index is 0.384. The van der Waals surface area contributed by atoms with E-state index in [2.05, 4.69) is 66.2 Å². The van der Waals surface area contributed by atoms with Crippen LogP contribution in [0.1, 0.15) is 57.4 Å². The summed E-state index contributed by atoms with van der Waals surface area (Å²) in [6.45, 7) is 10.3. The van der Waals surface area contributed by atoms with Crippen LogP contribution in [0.2, 0.25) is 0 Å². The highest BCUT2D eigenvalue weighted by Gasteiger charge is 2.16. The molecule has 0 fully saturated rings. The lowest BCUT2D eigenvalue weighted by atomic mass is 9.98. The van der Waals surface area contributed by atoms with E-state index in [1.807, 2.05) is 0 Å². The van der Waals surface area contributed by atoms with Crippen LogP contribution in [-0.4, -0.2) is 21.3 Å². The Labute approximate surface area is 126 Å². The van der Waals surface area contributed by atoms with Crippen LogP contribution in [0.3, 0.4) is 0 Å². The van der Waals surface area contributed by atoms with Gasteiger partial charge in [0.05, 0.1) is 0 Å². The molecule has 0 saturated carbocycles. The summed E-state index contributed by atoms with van der Waals surface area (Å²) in [6, 6.07) is 2.55. The number of aryl methyl sites for hydroxylation is 1. The number of hydrogen-bond acceptors (Lipinski definition) is 4. The molecule has 2 rings (SSSR count). The number of hydrogen-bond donors (Lipinski definition) is 1. The molecule has 5 nitrogen and oxygen atoms in total. The third-order valence-corrected chi connectivity index (χ3v) is 3.52. The molecule has 0 amide bonds. The normalized spacial score (nSPS) is 13.0. The molecular formula is C16H26N4O. The Morgan fingerprint density at radius 2 is 2.14 bits per heavy atom. The summed E-state index contributed by atoms with van der Waals surface area (Å²) in [5.74, 6) is 2.03. The predicted octanol–water partition coefficient (Wildman–Crippen LogP) is 3.18. The predicted molar refractivity (Wildman–Crippen MR) is 83.1 cm³/mol. The average molecular weight is 290 g/mol. The quantitative estimate of drug-likeness (QED) is 0.811. The zero-order valence-corrected chi connectivity index (χ0v) is 13.5. The third-order valence-electron chi connectivity index (χ3n) is 3.52. The molecular weight excluding hydrogens is 264 g/mol. The first kappa shape index (κ1) is 15.8. The van der Waals surface area contributed by atoms with Crippen LogP contribution in [0.5, 0.6) is 0 Å². The van der Waals surface area contributed by atoms with Crippen LogP contribution >= 0.6 is 0 Å². The smallest absolute Gasteiger partial charge is 0.246 e. The second kappa shape index (κ2) is 7.41. The van der Waals surface area contributed by atoms with E-state index < -0.39 is 0 Å². The van der Waals surface area contributed by atoms with Gasteiger partial charge in [-0.1, -0.05) is 32.9 Å². The van der Waals surface area contributed by atoms with Crippen LogP contribution in [0.25, 0.3) is 0 Å². The number of nitrogens with zero attached hydrogens (tertiary/aromatic N) is 3. The van der Waals surface area contributed by atoms with Crippen LogP contribution < -0.4 is 5.32 Å². The van der Waals surface area contributed by atoms with Crippen molar-refractivity contribution in [3.8, 4) is 0 Å².